The van der Waals surface area contributed by atoms with Crippen LogP contribution < -0.4 is 5.32 Å². The number of nitrogens with one attached hydrogen (secondary N) is 1. The molecule has 0 aromatic heterocycles. The van der Waals surface area contributed by atoms with Crippen molar-refractivity contribution in [2.75, 3.05) is 12.3 Å². The highest BCUT2D eigenvalue weighted by atomic mass is 32.2. The number of rotatable bonds is 7. The standard InChI is InChI=1S/C26H45NO7S/c1-15(4-7-23(31)27-10-11-35(32,33)34)18-5-6-19-24-20(14-22(30)26(18,19)3)25(2)9-8-17(28)12-16(25)13-21(24)29/h15-22,24,28-30H,4-14H2,1-3H3,(H,27,31)(H,32,33,34)/t15-,16+,17+,18-,19+,20+,21+,22+,24+,25+,26-/m0/s1. The normalized spacial score (nSPS) is 46.3. The van der Waals surface area contributed by atoms with Crippen LogP contribution in [0.2, 0.25) is 0 Å². The maximum atomic E-state index is 12.2. The van der Waals surface area contributed by atoms with Gasteiger partial charge >= 0.3 is 0 Å². The zero-order valence-electron chi connectivity index (χ0n) is 21.4. The highest BCUT2D eigenvalue weighted by Gasteiger charge is 2.65. The van der Waals surface area contributed by atoms with Gasteiger partial charge in [-0.05, 0) is 97.7 Å². The Morgan fingerprint density at radius 3 is 2.46 bits per heavy atom. The molecule has 4 rings (SSSR count). The van der Waals surface area contributed by atoms with Crippen LogP contribution in [0.1, 0.15) is 78.6 Å². The lowest BCUT2D eigenvalue weighted by molar-refractivity contribution is -0.207. The SMILES string of the molecule is C[C@@H](CCC(=O)NCCS(=O)(=O)O)[C@@H]1CC[C@@H]2[C@H]3[C@H](O)C[C@H]4C[C@H](O)CC[C@@]4(C)[C@@H]3C[C@@H](O)[C@]21C. The number of carbonyl (C=O) groups is 1. The first-order valence-corrected chi connectivity index (χ1v) is 15.1. The summed E-state index contributed by atoms with van der Waals surface area (Å²) in [5.74, 6) is 0.705. The van der Waals surface area contributed by atoms with Gasteiger partial charge in [0.1, 0.15) is 0 Å². The molecule has 4 fully saturated rings. The number of aliphatic hydroxyl groups is 3. The molecule has 4 saturated carbocycles. The van der Waals surface area contributed by atoms with E-state index in [0.717, 1.165) is 38.5 Å². The molecule has 8 nitrogen and oxygen atoms in total. The number of carbonyl (C=O) groups excluding carboxylic acids is 1. The Balaban J connectivity index is 1.43. The molecule has 0 aromatic rings. The average Bonchev–Trinajstić information content (AvgIpc) is 3.12. The van der Waals surface area contributed by atoms with Gasteiger partial charge in [-0.3, -0.25) is 9.35 Å². The van der Waals surface area contributed by atoms with E-state index in [2.05, 4.69) is 26.1 Å². The van der Waals surface area contributed by atoms with Crippen LogP contribution in [0.5, 0.6) is 0 Å². The first-order valence-electron chi connectivity index (χ1n) is 13.5. The predicted octanol–water partition coefficient (Wildman–Crippen LogP) is 2.37. The summed E-state index contributed by atoms with van der Waals surface area (Å²) in [4.78, 5) is 12.2. The number of fused-ring (bicyclic) bond motifs is 5. The second-order valence-electron chi connectivity index (χ2n) is 12.7. The molecule has 9 heteroatoms. The molecule has 5 N–H and O–H groups in total. The summed E-state index contributed by atoms with van der Waals surface area (Å²) in [6, 6.07) is 0. The maximum absolute atomic E-state index is 12.2. The Hall–Kier alpha value is -0.740. The lowest BCUT2D eigenvalue weighted by Gasteiger charge is -2.63. The van der Waals surface area contributed by atoms with Crippen LogP contribution in [0.3, 0.4) is 0 Å². The van der Waals surface area contributed by atoms with E-state index in [1.165, 1.54) is 0 Å². The van der Waals surface area contributed by atoms with Crippen LogP contribution in [0.25, 0.3) is 0 Å². The Morgan fingerprint density at radius 1 is 1.06 bits per heavy atom. The van der Waals surface area contributed by atoms with Crippen molar-refractivity contribution in [1.82, 2.24) is 5.32 Å². The second kappa shape index (κ2) is 9.86. The second-order valence-corrected chi connectivity index (χ2v) is 14.2. The van der Waals surface area contributed by atoms with E-state index in [4.69, 9.17) is 4.55 Å². The molecule has 35 heavy (non-hydrogen) atoms. The van der Waals surface area contributed by atoms with Crippen molar-refractivity contribution in [3.63, 3.8) is 0 Å². The lowest BCUT2D eigenvalue weighted by atomic mass is 9.43. The molecule has 0 heterocycles. The van der Waals surface area contributed by atoms with Gasteiger partial charge in [0.2, 0.25) is 5.91 Å². The van der Waals surface area contributed by atoms with Gasteiger partial charge in [0.05, 0.1) is 24.1 Å². The fraction of sp³-hybridized carbons (Fsp3) is 0.962. The highest BCUT2D eigenvalue weighted by Crippen LogP contribution is 2.68. The first-order chi connectivity index (χ1) is 16.3. The Kier molecular flexibility index (Phi) is 7.69. The molecule has 4 aliphatic rings. The van der Waals surface area contributed by atoms with E-state index < -0.39 is 28.1 Å². The largest absolute Gasteiger partial charge is 0.393 e. The van der Waals surface area contributed by atoms with Crippen molar-refractivity contribution < 1.29 is 33.1 Å². The minimum Gasteiger partial charge on any atom is -0.393 e. The Labute approximate surface area is 210 Å². The van der Waals surface area contributed by atoms with Crippen molar-refractivity contribution in [2.24, 2.45) is 46.3 Å². The van der Waals surface area contributed by atoms with Gasteiger partial charge in [-0.1, -0.05) is 20.8 Å². The van der Waals surface area contributed by atoms with Crippen molar-refractivity contribution >= 4 is 16.0 Å². The minimum absolute atomic E-state index is 0.0509. The van der Waals surface area contributed by atoms with Crippen LogP contribution >= 0.6 is 0 Å². The molecule has 0 unspecified atom stereocenters. The Bertz CT molecular complexity index is 896. The number of aliphatic hydroxyl groups excluding tert-OH is 3. The molecule has 0 spiro atoms. The summed E-state index contributed by atoms with van der Waals surface area (Å²) in [5, 5.41) is 35.8. The molecule has 1 amide bonds. The fourth-order valence-corrected chi connectivity index (χ4v) is 9.46. The average molecular weight is 516 g/mol. The fourth-order valence-electron chi connectivity index (χ4n) is 9.10. The van der Waals surface area contributed by atoms with Crippen LogP contribution in [0, 0.1) is 46.3 Å². The molecule has 0 aliphatic heterocycles. The van der Waals surface area contributed by atoms with Crippen LogP contribution in [0.15, 0.2) is 0 Å². The zero-order valence-corrected chi connectivity index (χ0v) is 22.2. The molecule has 0 radical (unpaired) electrons. The summed E-state index contributed by atoms with van der Waals surface area (Å²) in [6.45, 7) is 6.56. The van der Waals surface area contributed by atoms with Crippen LogP contribution in [0.4, 0.5) is 0 Å². The van der Waals surface area contributed by atoms with E-state index >= 15 is 0 Å². The van der Waals surface area contributed by atoms with Crippen molar-refractivity contribution in [3.8, 4) is 0 Å². The van der Waals surface area contributed by atoms with E-state index in [9.17, 15) is 28.5 Å². The number of hydrogen-bond acceptors (Lipinski definition) is 6. The van der Waals surface area contributed by atoms with E-state index in [1.54, 1.807) is 0 Å². The summed E-state index contributed by atoms with van der Waals surface area (Å²) >= 11 is 0. The molecular weight excluding hydrogens is 470 g/mol. The van der Waals surface area contributed by atoms with Crippen LogP contribution in [-0.2, 0) is 14.9 Å². The molecule has 202 valence electrons. The highest BCUT2D eigenvalue weighted by molar-refractivity contribution is 7.85. The van der Waals surface area contributed by atoms with E-state index in [0.29, 0.717) is 18.8 Å². The monoisotopic (exact) mass is 515 g/mol. The predicted molar refractivity (Wildman–Crippen MR) is 132 cm³/mol. The summed E-state index contributed by atoms with van der Waals surface area (Å²) < 4.78 is 30.5. The first kappa shape index (κ1) is 27.3. The van der Waals surface area contributed by atoms with Gasteiger partial charge in [-0.2, -0.15) is 8.42 Å². The van der Waals surface area contributed by atoms with Crippen molar-refractivity contribution in [2.45, 2.75) is 96.9 Å². The van der Waals surface area contributed by atoms with Crippen LogP contribution in [-0.4, -0.2) is 64.8 Å². The third kappa shape index (κ3) is 5.05. The third-order valence-corrected chi connectivity index (χ3v) is 11.7. The van der Waals surface area contributed by atoms with Crippen molar-refractivity contribution in [3.05, 3.63) is 0 Å². The summed E-state index contributed by atoms with van der Waals surface area (Å²) in [5.41, 5.74) is -0.254. The quantitative estimate of drug-likeness (QED) is 0.327. The van der Waals surface area contributed by atoms with Gasteiger partial charge in [-0.25, -0.2) is 0 Å². The molecule has 0 saturated heterocycles. The molecule has 0 aromatic carbocycles. The third-order valence-electron chi connectivity index (χ3n) is 11.0. The van der Waals surface area contributed by atoms with Gasteiger partial charge < -0.3 is 20.6 Å². The molecule has 4 aliphatic carbocycles. The summed E-state index contributed by atoms with van der Waals surface area (Å²) in [7, 11) is -4.10. The van der Waals surface area contributed by atoms with Crippen molar-refractivity contribution in [1.29, 1.82) is 0 Å². The maximum Gasteiger partial charge on any atom is 0.266 e. The molecule has 11 atom stereocenters. The minimum atomic E-state index is -4.10. The smallest absolute Gasteiger partial charge is 0.266 e. The number of amides is 1. The van der Waals surface area contributed by atoms with E-state index in [1.807, 2.05) is 0 Å². The topological polar surface area (TPSA) is 144 Å². The summed E-state index contributed by atoms with van der Waals surface area (Å²) in [6.07, 6.45) is 5.67. The van der Waals surface area contributed by atoms with Gasteiger partial charge in [0.15, 0.2) is 0 Å². The van der Waals surface area contributed by atoms with Gasteiger partial charge in [0.25, 0.3) is 10.1 Å². The molecular formula is C26H45NO7S. The van der Waals surface area contributed by atoms with E-state index in [-0.39, 0.29) is 65.4 Å². The van der Waals surface area contributed by atoms with Gasteiger partial charge in [0, 0.05) is 13.0 Å². The van der Waals surface area contributed by atoms with Gasteiger partial charge in [-0.15, -0.1) is 0 Å². The Morgan fingerprint density at radius 2 is 1.77 bits per heavy atom. The lowest BCUT2D eigenvalue weighted by Crippen LogP contribution is -2.62. The molecule has 0 bridgehead atoms. The zero-order chi connectivity index (χ0) is 25.8. The number of hydrogen-bond donors (Lipinski definition) is 5.